The van der Waals surface area contributed by atoms with Gasteiger partial charge in [-0.15, -0.1) is 0 Å². The lowest BCUT2D eigenvalue weighted by molar-refractivity contribution is 0.0904. The van der Waals surface area contributed by atoms with Crippen molar-refractivity contribution >= 4 is 5.91 Å². The van der Waals surface area contributed by atoms with Gasteiger partial charge in [0.1, 0.15) is 0 Å². The minimum absolute atomic E-state index is 0.0128. The highest BCUT2D eigenvalue weighted by atomic mass is 16.3. The van der Waals surface area contributed by atoms with E-state index >= 15 is 0 Å². The smallest absolute Gasteiger partial charge is 0.287 e. The van der Waals surface area contributed by atoms with Crippen LogP contribution in [0.3, 0.4) is 0 Å². The first-order valence-electron chi connectivity index (χ1n) is 6.56. The molecule has 0 saturated carbocycles. The Morgan fingerprint density at radius 1 is 1.16 bits per heavy atom. The molecule has 2 aromatic rings. The second kappa shape index (κ2) is 6.23. The molecule has 100 valence electrons. The van der Waals surface area contributed by atoms with Crippen molar-refractivity contribution in [3.63, 3.8) is 0 Å². The zero-order valence-corrected chi connectivity index (χ0v) is 11.3. The summed E-state index contributed by atoms with van der Waals surface area (Å²) >= 11 is 0. The molecule has 1 atom stereocenters. The van der Waals surface area contributed by atoms with Crippen LogP contribution in [0.5, 0.6) is 0 Å². The van der Waals surface area contributed by atoms with Crippen molar-refractivity contribution in [2.24, 2.45) is 5.92 Å². The number of nitrogens with one attached hydrogen (secondary N) is 1. The van der Waals surface area contributed by atoms with E-state index < -0.39 is 0 Å². The third-order valence-corrected chi connectivity index (χ3v) is 2.96. The van der Waals surface area contributed by atoms with Crippen LogP contribution in [0.15, 0.2) is 53.1 Å². The maximum Gasteiger partial charge on any atom is 0.287 e. The van der Waals surface area contributed by atoms with Crippen LogP contribution in [0.1, 0.15) is 42.4 Å². The summed E-state index contributed by atoms with van der Waals surface area (Å²) in [6.45, 7) is 4.30. The molecule has 1 heterocycles. The van der Waals surface area contributed by atoms with E-state index in [0.29, 0.717) is 11.7 Å². The highest BCUT2D eigenvalue weighted by Gasteiger charge is 2.18. The van der Waals surface area contributed by atoms with Crippen molar-refractivity contribution in [3.05, 3.63) is 60.1 Å². The van der Waals surface area contributed by atoms with Crippen LogP contribution in [-0.4, -0.2) is 5.91 Å². The standard InChI is InChI=1S/C16H19NO2/c1-12(2)11-14(13-7-4-3-5-8-13)17-16(18)15-9-6-10-19-15/h3-10,12,14H,11H2,1-2H3,(H,17,18)/t14-/m0/s1. The first-order chi connectivity index (χ1) is 9.16. The summed E-state index contributed by atoms with van der Waals surface area (Å²) in [5.41, 5.74) is 1.12. The molecule has 1 aromatic heterocycles. The molecule has 0 saturated heterocycles. The number of amides is 1. The second-order valence-electron chi connectivity index (χ2n) is 5.04. The summed E-state index contributed by atoms with van der Waals surface area (Å²) in [4.78, 5) is 12.1. The quantitative estimate of drug-likeness (QED) is 0.885. The van der Waals surface area contributed by atoms with Gasteiger partial charge in [0.2, 0.25) is 0 Å². The number of benzene rings is 1. The van der Waals surface area contributed by atoms with Gasteiger partial charge in [-0.1, -0.05) is 44.2 Å². The fourth-order valence-electron chi connectivity index (χ4n) is 2.07. The number of furan rings is 1. The number of hydrogen-bond acceptors (Lipinski definition) is 2. The molecule has 0 fully saturated rings. The first kappa shape index (κ1) is 13.4. The highest BCUT2D eigenvalue weighted by molar-refractivity contribution is 5.91. The number of carbonyl (C=O) groups is 1. The van der Waals surface area contributed by atoms with E-state index in [1.807, 2.05) is 30.3 Å². The lowest BCUT2D eigenvalue weighted by atomic mass is 9.97. The van der Waals surface area contributed by atoms with Crippen LogP contribution < -0.4 is 5.32 Å². The van der Waals surface area contributed by atoms with E-state index in [1.165, 1.54) is 6.26 Å². The van der Waals surface area contributed by atoms with Gasteiger partial charge in [0, 0.05) is 0 Å². The zero-order valence-electron chi connectivity index (χ0n) is 11.3. The number of carbonyl (C=O) groups excluding carboxylic acids is 1. The molecule has 3 heteroatoms. The van der Waals surface area contributed by atoms with E-state index in [-0.39, 0.29) is 11.9 Å². The molecule has 3 nitrogen and oxygen atoms in total. The molecule has 0 aliphatic carbocycles. The SMILES string of the molecule is CC(C)C[C@H](NC(=O)c1ccco1)c1ccccc1. The molecule has 0 unspecified atom stereocenters. The summed E-state index contributed by atoms with van der Waals surface area (Å²) in [6, 6.07) is 13.4. The van der Waals surface area contributed by atoms with Crippen molar-refractivity contribution in [1.29, 1.82) is 0 Å². The third kappa shape index (κ3) is 3.71. The molecule has 1 aromatic carbocycles. The molecule has 1 N–H and O–H groups in total. The van der Waals surface area contributed by atoms with Crippen LogP contribution >= 0.6 is 0 Å². The van der Waals surface area contributed by atoms with Crippen molar-refractivity contribution < 1.29 is 9.21 Å². The maximum absolute atomic E-state index is 12.1. The van der Waals surface area contributed by atoms with Crippen LogP contribution in [0.2, 0.25) is 0 Å². The van der Waals surface area contributed by atoms with Gasteiger partial charge < -0.3 is 9.73 Å². The summed E-state index contributed by atoms with van der Waals surface area (Å²) in [6.07, 6.45) is 2.41. The Bertz CT molecular complexity index is 503. The Morgan fingerprint density at radius 3 is 2.47 bits per heavy atom. The van der Waals surface area contributed by atoms with E-state index in [0.717, 1.165) is 12.0 Å². The van der Waals surface area contributed by atoms with Crippen molar-refractivity contribution in [2.45, 2.75) is 26.3 Å². The Kier molecular flexibility index (Phi) is 4.39. The lowest BCUT2D eigenvalue weighted by Crippen LogP contribution is -2.29. The fourth-order valence-corrected chi connectivity index (χ4v) is 2.07. The van der Waals surface area contributed by atoms with E-state index in [9.17, 15) is 4.79 Å². The molecule has 19 heavy (non-hydrogen) atoms. The molecule has 0 aliphatic rings. The molecule has 0 bridgehead atoms. The Hall–Kier alpha value is -2.03. The van der Waals surface area contributed by atoms with Crippen LogP contribution in [0, 0.1) is 5.92 Å². The minimum Gasteiger partial charge on any atom is -0.459 e. The average molecular weight is 257 g/mol. The maximum atomic E-state index is 12.1. The molecule has 0 spiro atoms. The molecule has 2 rings (SSSR count). The van der Waals surface area contributed by atoms with Crippen LogP contribution in [0.4, 0.5) is 0 Å². The minimum atomic E-state index is -0.167. The third-order valence-electron chi connectivity index (χ3n) is 2.96. The monoisotopic (exact) mass is 257 g/mol. The Morgan fingerprint density at radius 2 is 1.89 bits per heavy atom. The largest absolute Gasteiger partial charge is 0.459 e. The van der Waals surface area contributed by atoms with Gasteiger partial charge in [-0.2, -0.15) is 0 Å². The van der Waals surface area contributed by atoms with Gasteiger partial charge in [0.15, 0.2) is 5.76 Å². The summed E-state index contributed by atoms with van der Waals surface area (Å²) in [7, 11) is 0. The van der Waals surface area contributed by atoms with E-state index in [2.05, 4.69) is 19.2 Å². The molecular weight excluding hydrogens is 238 g/mol. The predicted molar refractivity (Wildman–Crippen MR) is 74.8 cm³/mol. The Balaban J connectivity index is 2.13. The molecular formula is C16H19NO2. The number of rotatable bonds is 5. The lowest BCUT2D eigenvalue weighted by Gasteiger charge is -2.20. The average Bonchev–Trinajstić information content (AvgIpc) is 2.92. The highest BCUT2D eigenvalue weighted by Crippen LogP contribution is 2.21. The summed E-state index contributed by atoms with van der Waals surface area (Å²) in [5, 5.41) is 3.03. The van der Waals surface area contributed by atoms with Crippen molar-refractivity contribution in [1.82, 2.24) is 5.32 Å². The second-order valence-corrected chi connectivity index (χ2v) is 5.04. The van der Waals surface area contributed by atoms with Gasteiger partial charge in [0.25, 0.3) is 5.91 Å². The van der Waals surface area contributed by atoms with Gasteiger partial charge >= 0.3 is 0 Å². The van der Waals surface area contributed by atoms with E-state index in [4.69, 9.17) is 4.42 Å². The van der Waals surface area contributed by atoms with Gasteiger partial charge in [-0.25, -0.2) is 0 Å². The van der Waals surface area contributed by atoms with Crippen LogP contribution in [0.25, 0.3) is 0 Å². The van der Waals surface area contributed by atoms with E-state index in [1.54, 1.807) is 12.1 Å². The topological polar surface area (TPSA) is 42.2 Å². The van der Waals surface area contributed by atoms with Crippen molar-refractivity contribution in [2.75, 3.05) is 0 Å². The molecule has 1 amide bonds. The Labute approximate surface area is 113 Å². The van der Waals surface area contributed by atoms with Gasteiger partial charge in [-0.05, 0) is 30.0 Å². The zero-order chi connectivity index (χ0) is 13.7. The number of hydrogen-bond donors (Lipinski definition) is 1. The normalized spacial score (nSPS) is 12.4. The fraction of sp³-hybridized carbons (Fsp3) is 0.312. The first-order valence-corrected chi connectivity index (χ1v) is 6.56. The molecule has 0 aliphatic heterocycles. The van der Waals surface area contributed by atoms with Gasteiger partial charge in [0.05, 0.1) is 12.3 Å². The molecule has 0 radical (unpaired) electrons. The summed E-state index contributed by atoms with van der Waals surface area (Å²) < 4.78 is 5.12. The van der Waals surface area contributed by atoms with Gasteiger partial charge in [-0.3, -0.25) is 4.79 Å². The van der Waals surface area contributed by atoms with Crippen LogP contribution in [-0.2, 0) is 0 Å². The summed E-state index contributed by atoms with van der Waals surface area (Å²) in [5.74, 6) is 0.686. The van der Waals surface area contributed by atoms with Crippen molar-refractivity contribution in [3.8, 4) is 0 Å². The predicted octanol–water partition coefficient (Wildman–Crippen LogP) is 3.80.